The average molecular weight is 312 g/mol. The van der Waals surface area contributed by atoms with E-state index >= 15 is 0 Å². The first-order valence-corrected chi connectivity index (χ1v) is 7.61. The van der Waals surface area contributed by atoms with Crippen LogP contribution in [0.4, 0.5) is 13.2 Å². The van der Waals surface area contributed by atoms with Crippen LogP contribution in [-0.4, -0.2) is 29.9 Å². The molecule has 0 bridgehead atoms. The molecule has 3 rings (SSSR count). The zero-order chi connectivity index (χ0) is 15.7. The van der Waals surface area contributed by atoms with Gasteiger partial charge in [0.25, 0.3) is 0 Å². The van der Waals surface area contributed by atoms with Gasteiger partial charge >= 0.3 is 6.18 Å². The molecule has 0 spiro atoms. The highest BCUT2D eigenvalue weighted by Gasteiger charge is 2.32. The van der Waals surface area contributed by atoms with Gasteiger partial charge in [0.05, 0.1) is 11.5 Å². The number of carbonyl (C=O) groups excluding carboxylic acids is 1. The van der Waals surface area contributed by atoms with Crippen molar-refractivity contribution in [2.45, 2.75) is 38.0 Å². The summed E-state index contributed by atoms with van der Waals surface area (Å²) in [5.74, 6) is 0.132. The van der Waals surface area contributed by atoms with Gasteiger partial charge in [0.15, 0.2) is 0 Å². The second-order valence-corrected chi connectivity index (χ2v) is 6.20. The number of halogens is 3. The summed E-state index contributed by atoms with van der Waals surface area (Å²) in [6.45, 7) is 2.08. The van der Waals surface area contributed by atoms with Gasteiger partial charge in [0.2, 0.25) is 5.91 Å². The molecule has 1 saturated carbocycles. The fourth-order valence-electron chi connectivity index (χ4n) is 2.79. The van der Waals surface area contributed by atoms with Crippen molar-refractivity contribution in [3.63, 3.8) is 0 Å². The molecular formula is C16H19F3N2O. The summed E-state index contributed by atoms with van der Waals surface area (Å²) < 4.78 is 37.6. The number of carbonyl (C=O) groups is 1. The number of rotatable bonds is 4. The summed E-state index contributed by atoms with van der Waals surface area (Å²) >= 11 is 0. The van der Waals surface area contributed by atoms with Crippen LogP contribution in [0.5, 0.6) is 0 Å². The van der Waals surface area contributed by atoms with Crippen LogP contribution in [0.25, 0.3) is 0 Å². The predicted molar refractivity (Wildman–Crippen MR) is 76.0 cm³/mol. The largest absolute Gasteiger partial charge is 0.416 e. The minimum absolute atomic E-state index is 0.00930. The van der Waals surface area contributed by atoms with Crippen LogP contribution < -0.4 is 5.32 Å². The van der Waals surface area contributed by atoms with Crippen molar-refractivity contribution in [3.8, 4) is 0 Å². The van der Waals surface area contributed by atoms with Crippen LogP contribution in [0.3, 0.4) is 0 Å². The number of hydrogen-bond donors (Lipinski definition) is 1. The first-order valence-electron chi connectivity index (χ1n) is 7.61. The van der Waals surface area contributed by atoms with Crippen LogP contribution in [0.2, 0.25) is 0 Å². The van der Waals surface area contributed by atoms with Crippen molar-refractivity contribution < 1.29 is 18.0 Å². The molecule has 1 amide bonds. The Morgan fingerprint density at radius 1 is 1.18 bits per heavy atom. The van der Waals surface area contributed by atoms with Crippen molar-refractivity contribution >= 4 is 5.91 Å². The number of alkyl halides is 3. The minimum Gasteiger partial charge on any atom is -0.353 e. The molecular weight excluding hydrogens is 293 g/mol. The average Bonchev–Trinajstić information content (AvgIpc) is 3.14. The molecule has 1 aromatic carbocycles. The van der Waals surface area contributed by atoms with Gasteiger partial charge in [-0.3, -0.25) is 9.69 Å². The lowest BCUT2D eigenvalue weighted by Gasteiger charge is -2.16. The van der Waals surface area contributed by atoms with Gasteiger partial charge in [0, 0.05) is 19.1 Å². The van der Waals surface area contributed by atoms with E-state index in [1.165, 1.54) is 12.1 Å². The molecule has 3 nitrogen and oxygen atoms in total. The molecule has 2 aliphatic rings. The number of hydrogen-bond acceptors (Lipinski definition) is 2. The molecule has 1 aliphatic carbocycles. The third-order valence-corrected chi connectivity index (χ3v) is 4.25. The third kappa shape index (κ3) is 3.80. The highest BCUT2D eigenvalue weighted by Crippen LogP contribution is 2.29. The minimum atomic E-state index is -4.29. The molecule has 1 atom stereocenters. The molecule has 1 N–H and O–H groups in total. The molecule has 2 fully saturated rings. The molecule has 1 saturated heterocycles. The second-order valence-electron chi connectivity index (χ2n) is 6.20. The van der Waals surface area contributed by atoms with Gasteiger partial charge < -0.3 is 5.32 Å². The van der Waals surface area contributed by atoms with Gasteiger partial charge in [-0.2, -0.15) is 13.2 Å². The zero-order valence-corrected chi connectivity index (χ0v) is 12.2. The van der Waals surface area contributed by atoms with Crippen LogP contribution in [0.15, 0.2) is 24.3 Å². The molecule has 0 radical (unpaired) electrons. The van der Waals surface area contributed by atoms with Crippen LogP contribution in [-0.2, 0) is 17.5 Å². The van der Waals surface area contributed by atoms with E-state index < -0.39 is 11.7 Å². The fourth-order valence-corrected chi connectivity index (χ4v) is 2.79. The van der Waals surface area contributed by atoms with E-state index in [0.717, 1.165) is 43.5 Å². The lowest BCUT2D eigenvalue weighted by molar-refractivity contribution is -0.137. The quantitative estimate of drug-likeness (QED) is 0.927. The fraction of sp³-hybridized carbons (Fsp3) is 0.562. The SMILES string of the molecule is O=C(NC1CC1)C1CCN(Cc2ccc(C(F)(F)F)cc2)C1. The Bertz CT molecular complexity index is 537. The Morgan fingerprint density at radius 3 is 2.45 bits per heavy atom. The van der Waals surface area contributed by atoms with Crippen molar-refractivity contribution in [1.29, 1.82) is 0 Å². The van der Waals surface area contributed by atoms with Gasteiger partial charge in [-0.25, -0.2) is 0 Å². The summed E-state index contributed by atoms with van der Waals surface area (Å²) in [5, 5.41) is 3.01. The van der Waals surface area contributed by atoms with Gasteiger partial charge in [-0.05, 0) is 43.5 Å². The van der Waals surface area contributed by atoms with E-state index in [9.17, 15) is 18.0 Å². The standard InChI is InChI=1S/C16H19F3N2O/c17-16(18,19)13-3-1-11(2-4-13)9-21-8-7-12(10-21)15(22)20-14-5-6-14/h1-4,12,14H,5-10H2,(H,20,22). The molecule has 6 heteroatoms. The van der Waals surface area contributed by atoms with E-state index in [-0.39, 0.29) is 11.8 Å². The summed E-state index contributed by atoms with van der Waals surface area (Å²) in [4.78, 5) is 14.1. The van der Waals surface area contributed by atoms with Crippen LogP contribution >= 0.6 is 0 Å². The van der Waals surface area contributed by atoms with E-state index in [0.29, 0.717) is 19.1 Å². The normalized spacial score (nSPS) is 22.8. The van der Waals surface area contributed by atoms with Crippen LogP contribution in [0.1, 0.15) is 30.4 Å². The van der Waals surface area contributed by atoms with E-state index in [1.54, 1.807) is 0 Å². The first-order chi connectivity index (χ1) is 10.4. The maximum absolute atomic E-state index is 12.5. The summed E-state index contributed by atoms with van der Waals surface area (Å²) in [7, 11) is 0. The Kier molecular flexibility index (Phi) is 4.12. The molecule has 120 valence electrons. The summed E-state index contributed by atoms with van der Waals surface area (Å²) in [5.41, 5.74) is 0.218. The van der Waals surface area contributed by atoms with E-state index in [2.05, 4.69) is 10.2 Å². The van der Waals surface area contributed by atoms with Crippen molar-refractivity contribution in [1.82, 2.24) is 10.2 Å². The second kappa shape index (κ2) is 5.91. The molecule has 1 aromatic rings. The Morgan fingerprint density at radius 2 is 1.86 bits per heavy atom. The summed E-state index contributed by atoms with van der Waals surface area (Å²) in [6.07, 6.45) is -1.32. The Hall–Kier alpha value is -1.56. The molecule has 0 aromatic heterocycles. The maximum atomic E-state index is 12.5. The Balaban J connectivity index is 1.52. The van der Waals surface area contributed by atoms with E-state index in [4.69, 9.17) is 0 Å². The van der Waals surface area contributed by atoms with Crippen molar-refractivity contribution in [3.05, 3.63) is 35.4 Å². The first kappa shape index (κ1) is 15.3. The molecule has 1 heterocycles. The van der Waals surface area contributed by atoms with Gasteiger partial charge in [-0.1, -0.05) is 12.1 Å². The Labute approximate surface area is 127 Å². The number of nitrogens with zero attached hydrogens (tertiary/aromatic N) is 1. The smallest absolute Gasteiger partial charge is 0.353 e. The topological polar surface area (TPSA) is 32.3 Å². The van der Waals surface area contributed by atoms with Gasteiger partial charge in [-0.15, -0.1) is 0 Å². The van der Waals surface area contributed by atoms with Crippen LogP contribution in [0, 0.1) is 5.92 Å². The predicted octanol–water partition coefficient (Wildman–Crippen LogP) is 2.81. The number of benzene rings is 1. The van der Waals surface area contributed by atoms with Gasteiger partial charge in [0.1, 0.15) is 0 Å². The van der Waals surface area contributed by atoms with E-state index in [1.807, 2.05) is 0 Å². The lowest BCUT2D eigenvalue weighted by atomic mass is 10.1. The van der Waals surface area contributed by atoms with Crippen molar-refractivity contribution in [2.24, 2.45) is 5.92 Å². The third-order valence-electron chi connectivity index (χ3n) is 4.25. The van der Waals surface area contributed by atoms with Crippen molar-refractivity contribution in [2.75, 3.05) is 13.1 Å². The maximum Gasteiger partial charge on any atom is 0.416 e. The molecule has 1 unspecified atom stereocenters. The molecule has 22 heavy (non-hydrogen) atoms. The monoisotopic (exact) mass is 312 g/mol. The lowest BCUT2D eigenvalue weighted by Crippen LogP contribution is -2.34. The number of nitrogens with one attached hydrogen (secondary N) is 1. The number of likely N-dealkylation sites (tertiary alicyclic amines) is 1. The highest BCUT2D eigenvalue weighted by atomic mass is 19.4. The molecule has 1 aliphatic heterocycles. The number of amides is 1. The summed E-state index contributed by atoms with van der Waals surface area (Å²) in [6, 6.07) is 5.63. The highest BCUT2D eigenvalue weighted by molar-refractivity contribution is 5.79. The zero-order valence-electron chi connectivity index (χ0n) is 12.2.